The molecule has 21 heavy (non-hydrogen) atoms. The number of nitrogens with one attached hydrogen (secondary N) is 1. The molecule has 0 aliphatic rings. The highest BCUT2D eigenvalue weighted by molar-refractivity contribution is 5.94. The van der Waals surface area contributed by atoms with Crippen molar-refractivity contribution < 1.29 is 14.8 Å². The first-order valence-electron chi connectivity index (χ1n) is 6.21. The number of aryl methyl sites for hydroxylation is 1. The number of aromatic carboxylic acids is 1. The summed E-state index contributed by atoms with van der Waals surface area (Å²) in [7, 11) is 1.81. The highest BCUT2D eigenvalue weighted by atomic mass is 16.6. The third-order valence-corrected chi connectivity index (χ3v) is 2.91. The number of carboxylic acid groups (broad SMARTS) is 1. The molecular formula is C13H14N4O4. The summed E-state index contributed by atoms with van der Waals surface area (Å²) in [5.41, 5.74) is 0.932. The molecule has 0 unspecified atom stereocenters. The minimum absolute atomic E-state index is 0.00150. The lowest BCUT2D eigenvalue weighted by Crippen LogP contribution is -2.10. The van der Waals surface area contributed by atoms with Crippen molar-refractivity contribution in [3.05, 3.63) is 51.8 Å². The molecule has 2 aromatic rings. The summed E-state index contributed by atoms with van der Waals surface area (Å²) in [6, 6.07) is 5.48. The fraction of sp³-hybridized carbons (Fsp3) is 0.231. The van der Waals surface area contributed by atoms with Crippen molar-refractivity contribution in [1.29, 1.82) is 0 Å². The van der Waals surface area contributed by atoms with Crippen molar-refractivity contribution in [2.24, 2.45) is 7.05 Å². The van der Waals surface area contributed by atoms with Crippen LogP contribution in [0.1, 0.15) is 16.1 Å². The van der Waals surface area contributed by atoms with E-state index in [4.69, 9.17) is 5.11 Å². The van der Waals surface area contributed by atoms with Gasteiger partial charge in [0.1, 0.15) is 0 Å². The van der Waals surface area contributed by atoms with Gasteiger partial charge in [-0.1, -0.05) is 0 Å². The number of aromatic nitrogens is 2. The number of nitro benzene ring substituents is 1. The topological polar surface area (TPSA) is 110 Å². The van der Waals surface area contributed by atoms with Crippen LogP contribution in [0.4, 0.5) is 11.4 Å². The van der Waals surface area contributed by atoms with Gasteiger partial charge in [0.15, 0.2) is 0 Å². The van der Waals surface area contributed by atoms with Gasteiger partial charge in [-0.15, -0.1) is 0 Å². The molecule has 0 atom stereocenters. The van der Waals surface area contributed by atoms with Crippen molar-refractivity contribution >= 4 is 17.3 Å². The number of rotatable bonds is 6. The number of carboxylic acids is 1. The molecular weight excluding hydrogens is 276 g/mol. The van der Waals surface area contributed by atoms with Crippen LogP contribution in [0.25, 0.3) is 0 Å². The first-order valence-corrected chi connectivity index (χ1v) is 6.21. The van der Waals surface area contributed by atoms with Crippen LogP contribution in [-0.4, -0.2) is 32.3 Å². The molecule has 110 valence electrons. The molecule has 0 bridgehead atoms. The maximum atomic E-state index is 11.1. The Balaban J connectivity index is 2.11. The molecule has 0 fully saturated rings. The van der Waals surface area contributed by atoms with Gasteiger partial charge < -0.3 is 10.4 Å². The molecule has 0 saturated heterocycles. The minimum Gasteiger partial charge on any atom is -0.478 e. The second kappa shape index (κ2) is 6.04. The summed E-state index contributed by atoms with van der Waals surface area (Å²) in [4.78, 5) is 21.3. The number of nitrogens with zero attached hydrogens (tertiary/aromatic N) is 3. The summed E-state index contributed by atoms with van der Waals surface area (Å²) in [5, 5.41) is 26.9. The highest BCUT2D eigenvalue weighted by Gasteiger charge is 2.15. The van der Waals surface area contributed by atoms with E-state index < -0.39 is 10.9 Å². The van der Waals surface area contributed by atoms with Gasteiger partial charge in [-0.05, 0) is 12.1 Å². The average molecular weight is 290 g/mol. The van der Waals surface area contributed by atoms with E-state index in [2.05, 4.69) is 10.4 Å². The second-order valence-corrected chi connectivity index (χ2v) is 4.45. The van der Waals surface area contributed by atoms with Crippen LogP contribution in [0.3, 0.4) is 0 Å². The van der Waals surface area contributed by atoms with Crippen LogP contribution in [0.2, 0.25) is 0 Å². The van der Waals surface area contributed by atoms with Crippen molar-refractivity contribution in [1.82, 2.24) is 9.78 Å². The predicted molar refractivity (Wildman–Crippen MR) is 75.5 cm³/mol. The molecule has 0 aliphatic carbocycles. The van der Waals surface area contributed by atoms with Gasteiger partial charge in [0.05, 0.1) is 21.9 Å². The number of non-ortho nitro benzene ring substituents is 1. The molecule has 1 heterocycles. The van der Waals surface area contributed by atoms with Gasteiger partial charge in [0.25, 0.3) is 5.69 Å². The molecule has 0 spiro atoms. The first kappa shape index (κ1) is 14.5. The standard InChI is InChI=1S/C13H14N4O4/c1-16-7-5-9(15-16)4-6-14-12-8-10(17(20)21)2-3-11(12)13(18)19/h2-3,5,7-8,14H,4,6H2,1H3,(H,18,19). The van der Waals surface area contributed by atoms with Crippen molar-refractivity contribution in [2.45, 2.75) is 6.42 Å². The van der Waals surface area contributed by atoms with E-state index in [1.165, 1.54) is 18.2 Å². The zero-order valence-corrected chi connectivity index (χ0v) is 11.3. The molecule has 8 heteroatoms. The fourth-order valence-electron chi connectivity index (χ4n) is 1.90. The normalized spacial score (nSPS) is 10.3. The van der Waals surface area contributed by atoms with Gasteiger partial charge >= 0.3 is 5.97 Å². The Kier molecular flexibility index (Phi) is 4.17. The van der Waals surface area contributed by atoms with Crippen LogP contribution >= 0.6 is 0 Å². The summed E-state index contributed by atoms with van der Waals surface area (Å²) >= 11 is 0. The molecule has 1 aromatic carbocycles. The maximum Gasteiger partial charge on any atom is 0.337 e. The Morgan fingerprint density at radius 1 is 1.48 bits per heavy atom. The van der Waals surface area contributed by atoms with Crippen LogP contribution in [0, 0.1) is 10.1 Å². The largest absolute Gasteiger partial charge is 0.478 e. The predicted octanol–water partition coefficient (Wildman–Crippen LogP) is 1.68. The molecule has 0 aliphatic heterocycles. The Hall–Kier alpha value is -2.90. The van der Waals surface area contributed by atoms with Gasteiger partial charge in [-0.25, -0.2) is 4.79 Å². The SMILES string of the molecule is Cn1ccc(CCNc2cc([N+](=O)[O-])ccc2C(=O)O)n1. The van der Waals surface area contributed by atoms with Crippen molar-refractivity contribution in [3.8, 4) is 0 Å². The zero-order chi connectivity index (χ0) is 15.4. The average Bonchev–Trinajstić information content (AvgIpc) is 2.84. The Labute approximate surface area is 120 Å². The molecule has 8 nitrogen and oxygen atoms in total. The summed E-state index contributed by atoms with van der Waals surface area (Å²) < 4.78 is 1.67. The van der Waals surface area contributed by atoms with Crippen LogP contribution < -0.4 is 5.32 Å². The highest BCUT2D eigenvalue weighted by Crippen LogP contribution is 2.22. The molecule has 0 radical (unpaired) electrons. The van der Waals surface area contributed by atoms with Crippen LogP contribution in [-0.2, 0) is 13.5 Å². The van der Waals surface area contributed by atoms with E-state index in [0.717, 1.165) is 5.69 Å². The minimum atomic E-state index is -1.13. The summed E-state index contributed by atoms with van der Waals surface area (Å²) in [6.07, 6.45) is 2.40. The number of hydrogen-bond donors (Lipinski definition) is 2. The van der Waals surface area contributed by atoms with E-state index in [1.54, 1.807) is 11.7 Å². The Bertz CT molecular complexity index is 681. The number of anilines is 1. The van der Waals surface area contributed by atoms with E-state index in [-0.39, 0.29) is 16.9 Å². The third-order valence-electron chi connectivity index (χ3n) is 2.91. The number of hydrogen-bond acceptors (Lipinski definition) is 5. The first-order chi connectivity index (χ1) is 9.97. The van der Waals surface area contributed by atoms with Crippen molar-refractivity contribution in [2.75, 3.05) is 11.9 Å². The second-order valence-electron chi connectivity index (χ2n) is 4.45. The fourth-order valence-corrected chi connectivity index (χ4v) is 1.90. The summed E-state index contributed by atoms with van der Waals surface area (Å²) in [6.45, 7) is 0.429. The molecule has 1 aromatic heterocycles. The smallest absolute Gasteiger partial charge is 0.337 e. The molecule has 2 rings (SSSR count). The van der Waals surface area contributed by atoms with E-state index in [1.807, 2.05) is 12.3 Å². The lowest BCUT2D eigenvalue weighted by atomic mass is 10.1. The van der Waals surface area contributed by atoms with Crippen molar-refractivity contribution in [3.63, 3.8) is 0 Å². The molecule has 0 amide bonds. The summed E-state index contributed by atoms with van der Waals surface area (Å²) in [5.74, 6) is -1.13. The lowest BCUT2D eigenvalue weighted by molar-refractivity contribution is -0.384. The maximum absolute atomic E-state index is 11.1. The van der Waals surface area contributed by atoms with Gasteiger partial charge in [0, 0.05) is 38.3 Å². The van der Waals surface area contributed by atoms with Gasteiger partial charge in [-0.2, -0.15) is 5.10 Å². The van der Waals surface area contributed by atoms with Crippen LogP contribution in [0.5, 0.6) is 0 Å². The number of carbonyl (C=O) groups is 1. The number of nitro groups is 1. The van der Waals surface area contributed by atoms with Gasteiger partial charge in [-0.3, -0.25) is 14.8 Å². The van der Waals surface area contributed by atoms with Gasteiger partial charge in [0.2, 0.25) is 0 Å². The zero-order valence-electron chi connectivity index (χ0n) is 11.3. The molecule has 0 saturated carbocycles. The van der Waals surface area contributed by atoms with E-state index in [9.17, 15) is 14.9 Å². The Morgan fingerprint density at radius 3 is 2.81 bits per heavy atom. The monoisotopic (exact) mass is 290 g/mol. The van der Waals surface area contributed by atoms with E-state index in [0.29, 0.717) is 13.0 Å². The quantitative estimate of drug-likeness (QED) is 0.618. The van der Waals surface area contributed by atoms with E-state index >= 15 is 0 Å². The third kappa shape index (κ3) is 3.56. The Morgan fingerprint density at radius 2 is 2.24 bits per heavy atom. The lowest BCUT2D eigenvalue weighted by Gasteiger charge is -2.08. The molecule has 2 N–H and O–H groups in total. The van der Waals surface area contributed by atoms with Crippen LogP contribution in [0.15, 0.2) is 30.5 Å². The number of benzene rings is 1.